The Kier molecular flexibility index (Phi) is 4.59. The summed E-state index contributed by atoms with van der Waals surface area (Å²) in [6.07, 6.45) is -4.46. The molecule has 0 fully saturated rings. The lowest BCUT2D eigenvalue weighted by atomic mass is 10.2. The Hall–Kier alpha value is -3.03. The van der Waals surface area contributed by atoms with Crippen LogP contribution in [0.5, 0.6) is 0 Å². The second-order valence-electron chi connectivity index (χ2n) is 6.55. The number of carbonyl (C=O) groups is 1. The summed E-state index contributed by atoms with van der Waals surface area (Å²) in [6, 6.07) is 8.79. The molecule has 1 amide bonds. The lowest BCUT2D eigenvalue weighted by Crippen LogP contribution is -2.33. The third kappa shape index (κ3) is 3.47. The number of fused-ring (bicyclic) bond motifs is 1. The average Bonchev–Trinajstić information content (AvgIpc) is 3.03. The van der Waals surface area contributed by atoms with Crippen LogP contribution in [-0.2, 0) is 6.18 Å². The number of rotatable bonds is 3. The maximum absolute atomic E-state index is 12.8. The SMILES string of the molecule is CC(C)N(C)C(=O)c1cc2ccc(=O)n(-c3ccc(C(F)(F)F)cc3)c2[nH]1. The van der Waals surface area contributed by atoms with Gasteiger partial charge in [-0.15, -0.1) is 0 Å². The van der Waals surface area contributed by atoms with Gasteiger partial charge in [-0.1, -0.05) is 0 Å². The molecule has 0 unspecified atom stereocenters. The van der Waals surface area contributed by atoms with E-state index in [4.69, 9.17) is 0 Å². The Bertz CT molecular complexity index is 1050. The molecule has 0 spiro atoms. The minimum absolute atomic E-state index is 0.0129. The Morgan fingerprint density at radius 2 is 1.74 bits per heavy atom. The Morgan fingerprint density at radius 1 is 1.11 bits per heavy atom. The number of hydrogen-bond acceptors (Lipinski definition) is 2. The van der Waals surface area contributed by atoms with Crippen molar-refractivity contribution >= 4 is 16.9 Å². The van der Waals surface area contributed by atoms with Crippen molar-refractivity contribution in [2.45, 2.75) is 26.1 Å². The van der Waals surface area contributed by atoms with E-state index in [0.717, 1.165) is 12.1 Å². The minimum atomic E-state index is -4.46. The van der Waals surface area contributed by atoms with E-state index >= 15 is 0 Å². The van der Waals surface area contributed by atoms with Crippen molar-refractivity contribution in [2.75, 3.05) is 7.05 Å². The molecule has 0 aliphatic rings. The fraction of sp³-hybridized carbons (Fsp3) is 0.263. The third-order valence-electron chi connectivity index (χ3n) is 4.45. The summed E-state index contributed by atoms with van der Waals surface area (Å²) in [5, 5.41) is 0.606. The van der Waals surface area contributed by atoms with Crippen molar-refractivity contribution in [1.82, 2.24) is 14.5 Å². The first-order chi connectivity index (χ1) is 12.6. The summed E-state index contributed by atoms with van der Waals surface area (Å²) >= 11 is 0. The van der Waals surface area contributed by atoms with Gasteiger partial charge in [0.25, 0.3) is 11.5 Å². The first-order valence-electron chi connectivity index (χ1n) is 8.29. The van der Waals surface area contributed by atoms with E-state index < -0.39 is 17.3 Å². The molecule has 2 aromatic heterocycles. The molecular formula is C19H18F3N3O2. The van der Waals surface area contributed by atoms with Crippen molar-refractivity contribution in [3.63, 3.8) is 0 Å². The van der Waals surface area contributed by atoms with Gasteiger partial charge in [-0.05, 0) is 50.2 Å². The van der Waals surface area contributed by atoms with Crippen molar-refractivity contribution in [3.8, 4) is 5.69 Å². The van der Waals surface area contributed by atoms with Gasteiger partial charge in [-0.2, -0.15) is 13.2 Å². The highest BCUT2D eigenvalue weighted by Crippen LogP contribution is 2.30. The van der Waals surface area contributed by atoms with Crippen LogP contribution in [0.25, 0.3) is 16.7 Å². The Balaban J connectivity index is 2.12. The molecular weight excluding hydrogens is 359 g/mol. The predicted molar refractivity (Wildman–Crippen MR) is 96.1 cm³/mol. The largest absolute Gasteiger partial charge is 0.416 e. The number of nitrogens with zero attached hydrogens (tertiary/aromatic N) is 2. The van der Waals surface area contributed by atoms with E-state index in [0.29, 0.717) is 16.7 Å². The second kappa shape index (κ2) is 6.61. The van der Waals surface area contributed by atoms with E-state index in [2.05, 4.69) is 4.98 Å². The van der Waals surface area contributed by atoms with Gasteiger partial charge in [0.2, 0.25) is 0 Å². The molecule has 0 aliphatic carbocycles. The van der Waals surface area contributed by atoms with Gasteiger partial charge in [-0.3, -0.25) is 14.2 Å². The molecule has 1 N–H and O–H groups in total. The summed E-state index contributed by atoms with van der Waals surface area (Å²) in [7, 11) is 1.67. The van der Waals surface area contributed by atoms with Gasteiger partial charge in [0.15, 0.2) is 0 Å². The van der Waals surface area contributed by atoms with Crippen LogP contribution in [0.3, 0.4) is 0 Å². The molecule has 0 aliphatic heterocycles. The lowest BCUT2D eigenvalue weighted by Gasteiger charge is -2.20. The molecule has 5 nitrogen and oxygen atoms in total. The number of halogens is 3. The minimum Gasteiger partial charge on any atom is -0.338 e. The highest BCUT2D eigenvalue weighted by Gasteiger charge is 2.30. The van der Waals surface area contributed by atoms with Crippen LogP contribution < -0.4 is 5.56 Å². The van der Waals surface area contributed by atoms with E-state index in [-0.39, 0.29) is 17.6 Å². The molecule has 0 radical (unpaired) electrons. The number of benzene rings is 1. The molecule has 3 aromatic rings. The van der Waals surface area contributed by atoms with Crippen LogP contribution >= 0.6 is 0 Å². The number of amides is 1. The van der Waals surface area contributed by atoms with E-state index in [1.165, 1.54) is 22.8 Å². The number of alkyl halides is 3. The number of aromatic amines is 1. The van der Waals surface area contributed by atoms with Crippen LogP contribution in [0.1, 0.15) is 29.9 Å². The Morgan fingerprint density at radius 3 is 2.30 bits per heavy atom. The van der Waals surface area contributed by atoms with Crippen molar-refractivity contribution < 1.29 is 18.0 Å². The normalized spacial score (nSPS) is 12.0. The fourth-order valence-electron chi connectivity index (χ4n) is 2.71. The molecule has 1 aromatic carbocycles. The lowest BCUT2D eigenvalue weighted by molar-refractivity contribution is -0.137. The summed E-state index contributed by atoms with van der Waals surface area (Å²) < 4.78 is 39.6. The van der Waals surface area contributed by atoms with Crippen molar-refractivity contribution in [2.24, 2.45) is 0 Å². The number of pyridine rings is 1. The van der Waals surface area contributed by atoms with Crippen LogP contribution in [0.15, 0.2) is 47.3 Å². The molecule has 2 heterocycles. The van der Waals surface area contributed by atoms with E-state index in [1.807, 2.05) is 13.8 Å². The smallest absolute Gasteiger partial charge is 0.338 e. The summed E-state index contributed by atoms with van der Waals surface area (Å²) in [6.45, 7) is 3.75. The van der Waals surface area contributed by atoms with Crippen LogP contribution in [0.4, 0.5) is 13.2 Å². The van der Waals surface area contributed by atoms with Crippen molar-refractivity contribution in [3.05, 3.63) is 64.1 Å². The van der Waals surface area contributed by atoms with E-state index in [1.54, 1.807) is 24.1 Å². The topological polar surface area (TPSA) is 58.1 Å². The monoisotopic (exact) mass is 377 g/mol. The highest BCUT2D eigenvalue weighted by atomic mass is 19.4. The first-order valence-corrected chi connectivity index (χ1v) is 8.29. The average molecular weight is 377 g/mol. The second-order valence-corrected chi connectivity index (χ2v) is 6.55. The molecule has 0 bridgehead atoms. The molecule has 0 saturated carbocycles. The maximum atomic E-state index is 12.8. The van der Waals surface area contributed by atoms with Gasteiger partial charge in [0, 0.05) is 24.5 Å². The zero-order valence-corrected chi connectivity index (χ0v) is 15.0. The molecule has 0 atom stereocenters. The van der Waals surface area contributed by atoms with Crippen LogP contribution in [0, 0.1) is 0 Å². The molecule has 8 heteroatoms. The number of H-pyrrole nitrogens is 1. The number of aromatic nitrogens is 2. The van der Waals surface area contributed by atoms with Crippen molar-refractivity contribution in [1.29, 1.82) is 0 Å². The number of hydrogen-bond donors (Lipinski definition) is 1. The first kappa shape index (κ1) is 18.8. The van der Waals surface area contributed by atoms with Crippen LogP contribution in [-0.4, -0.2) is 33.4 Å². The predicted octanol–water partition coefficient (Wildman–Crippen LogP) is 3.82. The summed E-state index contributed by atoms with van der Waals surface area (Å²) in [4.78, 5) is 29.4. The number of carbonyl (C=O) groups excluding carboxylic acids is 1. The highest BCUT2D eigenvalue weighted by molar-refractivity contribution is 5.97. The fourth-order valence-corrected chi connectivity index (χ4v) is 2.71. The summed E-state index contributed by atoms with van der Waals surface area (Å²) in [5.74, 6) is -0.243. The maximum Gasteiger partial charge on any atom is 0.416 e. The molecule has 27 heavy (non-hydrogen) atoms. The quantitative estimate of drug-likeness (QED) is 0.754. The van der Waals surface area contributed by atoms with Gasteiger partial charge in [-0.25, -0.2) is 0 Å². The van der Waals surface area contributed by atoms with Crippen LogP contribution in [0.2, 0.25) is 0 Å². The number of nitrogens with one attached hydrogen (secondary N) is 1. The van der Waals surface area contributed by atoms with Gasteiger partial charge < -0.3 is 9.88 Å². The summed E-state index contributed by atoms with van der Waals surface area (Å²) in [5.41, 5.74) is -0.292. The molecule has 3 rings (SSSR count). The zero-order chi connectivity index (χ0) is 19.9. The standard InChI is InChI=1S/C19H18F3N3O2/c1-11(2)24(3)18(27)15-10-12-4-9-16(26)25(17(12)23-15)14-7-5-13(6-8-14)19(20,21)22/h4-11,23H,1-3H3. The Labute approximate surface area is 153 Å². The van der Waals surface area contributed by atoms with E-state index in [9.17, 15) is 22.8 Å². The molecule has 142 valence electrons. The third-order valence-corrected chi connectivity index (χ3v) is 4.45. The molecule has 0 saturated heterocycles. The zero-order valence-electron chi connectivity index (χ0n) is 15.0. The van der Waals surface area contributed by atoms with Gasteiger partial charge >= 0.3 is 6.18 Å². The van der Waals surface area contributed by atoms with Gasteiger partial charge in [0.1, 0.15) is 11.3 Å². The van der Waals surface area contributed by atoms with Gasteiger partial charge in [0.05, 0.1) is 11.3 Å².